The number of carbonyl (C=O) groups excluding carboxylic acids is 1. The molecular weight excluding hydrogens is 672 g/mol. The van der Waals surface area contributed by atoms with Crippen molar-refractivity contribution in [3.63, 3.8) is 0 Å². The van der Waals surface area contributed by atoms with Crippen LogP contribution in [-0.4, -0.2) is 51.2 Å². The number of aromatic amines is 1. The van der Waals surface area contributed by atoms with Gasteiger partial charge in [0, 0.05) is 47.2 Å². The van der Waals surface area contributed by atoms with Gasteiger partial charge in [-0.25, -0.2) is 19.3 Å². The van der Waals surface area contributed by atoms with Gasteiger partial charge < -0.3 is 24.1 Å². The maximum atomic E-state index is 14.3. The third-order valence-corrected chi connectivity index (χ3v) is 11.9. The van der Waals surface area contributed by atoms with Crippen molar-refractivity contribution in [1.82, 2.24) is 25.1 Å². The van der Waals surface area contributed by atoms with Crippen LogP contribution in [0.4, 0.5) is 10.2 Å². The molecule has 1 saturated heterocycles. The zero-order chi connectivity index (χ0) is 34.4. The number of H-pyrrole nitrogens is 1. The van der Waals surface area contributed by atoms with Gasteiger partial charge in [0.15, 0.2) is 0 Å². The zero-order valence-corrected chi connectivity index (χ0v) is 28.3. The summed E-state index contributed by atoms with van der Waals surface area (Å²) in [5.41, 5.74) is 6.30. The summed E-state index contributed by atoms with van der Waals surface area (Å²) in [6.07, 6.45) is 5.71. The number of amides is 1. The number of hydrogen-bond donors (Lipinski definition) is 2. The van der Waals surface area contributed by atoms with Crippen LogP contribution in [0.3, 0.4) is 0 Å². The average molecular weight is 703 g/mol. The number of halogens is 1. The standard InChI is InChI=1S/C38H31FN6O5S/c1-48-27-6-2-4-22-23(27)9-10-24(22)42-35-34-18(11-12-40-35)15-29(51-34)31-30(36-43-44-38(47)50-36)25(14-19-17-49-28-16-20(39)7-8-21(19)28)41-33-26-5-3-13-45(26)37(46)32(31)33/h2,4,6-8,11-12,15-16,19,24,26H,3,5,9-10,13-14,17H2,1H3,(H,40,42)(H,44,47)/t19-,24-,26+/m1/s1. The van der Waals surface area contributed by atoms with Crippen molar-refractivity contribution in [1.29, 1.82) is 0 Å². The Morgan fingerprint density at radius 3 is 2.88 bits per heavy atom. The molecule has 1 amide bonds. The van der Waals surface area contributed by atoms with E-state index in [2.05, 4.69) is 27.6 Å². The summed E-state index contributed by atoms with van der Waals surface area (Å²) in [5.74, 6) is 0.909. The van der Waals surface area contributed by atoms with E-state index in [0.29, 0.717) is 47.7 Å². The van der Waals surface area contributed by atoms with Crippen molar-refractivity contribution in [2.24, 2.45) is 0 Å². The first-order valence-electron chi connectivity index (χ1n) is 17.1. The molecule has 1 fully saturated rings. The monoisotopic (exact) mass is 702 g/mol. The van der Waals surface area contributed by atoms with E-state index < -0.39 is 5.76 Å². The first-order valence-corrected chi connectivity index (χ1v) is 17.9. The van der Waals surface area contributed by atoms with Crippen LogP contribution in [-0.2, 0) is 12.8 Å². The van der Waals surface area contributed by atoms with Crippen molar-refractivity contribution in [2.45, 2.75) is 50.1 Å². The number of aromatic nitrogens is 4. The number of carbonyl (C=O) groups is 1. The smallest absolute Gasteiger partial charge is 0.434 e. The molecule has 11 nitrogen and oxygen atoms in total. The van der Waals surface area contributed by atoms with E-state index in [4.69, 9.17) is 23.9 Å². The molecule has 3 atom stereocenters. The number of nitrogens with zero attached hydrogens (tertiary/aromatic N) is 4. The van der Waals surface area contributed by atoms with Gasteiger partial charge in [-0.3, -0.25) is 9.78 Å². The molecule has 2 aromatic carbocycles. The van der Waals surface area contributed by atoms with Gasteiger partial charge in [0.1, 0.15) is 23.1 Å². The average Bonchev–Trinajstić information content (AvgIpc) is 3.99. The first-order chi connectivity index (χ1) is 24.9. The molecule has 0 saturated carbocycles. The second kappa shape index (κ2) is 11.5. The fourth-order valence-corrected chi connectivity index (χ4v) is 9.65. The van der Waals surface area contributed by atoms with E-state index in [1.165, 1.54) is 34.6 Å². The number of methoxy groups -OCH3 is 1. The van der Waals surface area contributed by atoms with Crippen LogP contribution in [0, 0.1) is 5.82 Å². The van der Waals surface area contributed by atoms with Crippen molar-refractivity contribution < 1.29 is 23.1 Å². The minimum absolute atomic E-state index is 0.0585. The highest BCUT2D eigenvalue weighted by Gasteiger charge is 2.45. The van der Waals surface area contributed by atoms with Crippen LogP contribution in [0.2, 0.25) is 0 Å². The zero-order valence-electron chi connectivity index (χ0n) is 27.5. The summed E-state index contributed by atoms with van der Waals surface area (Å²) in [4.78, 5) is 39.4. The molecule has 4 aliphatic rings. The largest absolute Gasteiger partial charge is 0.496 e. The highest BCUT2D eigenvalue weighted by Crippen LogP contribution is 2.51. The van der Waals surface area contributed by atoms with Crippen LogP contribution in [0.1, 0.15) is 75.7 Å². The highest BCUT2D eigenvalue weighted by molar-refractivity contribution is 7.23. The number of pyridine rings is 2. The number of nitrogens with one attached hydrogen (secondary N) is 2. The van der Waals surface area contributed by atoms with Gasteiger partial charge in [0.25, 0.3) is 11.8 Å². The van der Waals surface area contributed by atoms with Gasteiger partial charge in [-0.1, -0.05) is 18.2 Å². The van der Waals surface area contributed by atoms with Crippen molar-refractivity contribution in [3.8, 4) is 33.4 Å². The Morgan fingerprint density at radius 1 is 1.10 bits per heavy atom. The minimum atomic E-state index is -0.708. The number of anilines is 1. The van der Waals surface area contributed by atoms with Gasteiger partial charge in [0.05, 0.1) is 53.0 Å². The predicted octanol–water partition coefficient (Wildman–Crippen LogP) is 6.96. The molecule has 3 aliphatic heterocycles. The summed E-state index contributed by atoms with van der Waals surface area (Å²) in [5, 5.41) is 11.4. The van der Waals surface area contributed by atoms with Gasteiger partial charge in [-0.15, -0.1) is 16.4 Å². The number of rotatable bonds is 7. The van der Waals surface area contributed by atoms with E-state index in [1.54, 1.807) is 19.4 Å². The molecule has 4 aromatic heterocycles. The summed E-state index contributed by atoms with van der Waals surface area (Å²) < 4.78 is 32.2. The van der Waals surface area contributed by atoms with E-state index >= 15 is 0 Å². The third kappa shape index (κ3) is 4.70. The summed E-state index contributed by atoms with van der Waals surface area (Å²) >= 11 is 1.53. The van der Waals surface area contributed by atoms with Crippen LogP contribution < -0.4 is 20.5 Å². The highest BCUT2D eigenvalue weighted by atomic mass is 32.1. The maximum absolute atomic E-state index is 14.3. The molecule has 0 bridgehead atoms. The molecule has 2 N–H and O–H groups in total. The van der Waals surface area contributed by atoms with Crippen LogP contribution in [0.25, 0.3) is 32.0 Å². The van der Waals surface area contributed by atoms with Crippen LogP contribution in [0.15, 0.2) is 63.9 Å². The summed E-state index contributed by atoms with van der Waals surface area (Å²) in [7, 11) is 1.70. The van der Waals surface area contributed by atoms with Crippen molar-refractivity contribution in [3.05, 3.63) is 105 Å². The maximum Gasteiger partial charge on any atom is 0.434 e. The Hall–Kier alpha value is -5.56. The third-order valence-electron chi connectivity index (χ3n) is 10.7. The fourth-order valence-electron chi connectivity index (χ4n) is 8.48. The number of fused-ring (bicyclic) bond motifs is 6. The van der Waals surface area contributed by atoms with Gasteiger partial charge >= 0.3 is 5.76 Å². The van der Waals surface area contributed by atoms with Gasteiger partial charge in [0.2, 0.25) is 0 Å². The van der Waals surface area contributed by atoms with Crippen LogP contribution >= 0.6 is 11.3 Å². The van der Waals surface area contributed by atoms with E-state index in [-0.39, 0.29) is 35.6 Å². The molecule has 1 aliphatic carbocycles. The Labute approximate surface area is 294 Å². The van der Waals surface area contributed by atoms with E-state index in [1.807, 2.05) is 23.1 Å². The molecule has 7 heterocycles. The minimum Gasteiger partial charge on any atom is -0.496 e. The number of benzene rings is 2. The number of thiophene rings is 1. The SMILES string of the molecule is COc1cccc2c1CC[C@H]2Nc1nccc2cc(-c3c4c(nc(C[C@@H]5COc6cc(F)ccc65)c3-c3n[nH]c(=O)o3)[C@@H]3CCCN3C4=O)sc12. The lowest BCUT2D eigenvalue weighted by Gasteiger charge is -2.18. The molecule has 0 unspecified atom stereocenters. The number of hydrogen-bond acceptors (Lipinski definition) is 10. The lowest BCUT2D eigenvalue weighted by molar-refractivity contribution is 0.0776. The van der Waals surface area contributed by atoms with Crippen molar-refractivity contribution in [2.75, 3.05) is 25.6 Å². The normalized spacial score (nSPS) is 20.0. The molecule has 6 aromatic rings. The second-order valence-corrected chi connectivity index (χ2v) is 14.5. The molecule has 0 spiro atoms. The Bertz CT molecular complexity index is 2470. The van der Waals surface area contributed by atoms with Crippen LogP contribution in [0.5, 0.6) is 11.5 Å². The lowest BCUT2D eigenvalue weighted by atomic mass is 9.89. The number of ether oxygens (including phenoxy) is 2. The summed E-state index contributed by atoms with van der Waals surface area (Å²) in [6.45, 7) is 0.986. The second-order valence-electron chi connectivity index (χ2n) is 13.5. The lowest BCUT2D eigenvalue weighted by Crippen LogP contribution is -2.22. The van der Waals surface area contributed by atoms with E-state index in [9.17, 15) is 14.0 Å². The Kier molecular flexibility index (Phi) is 6.82. The van der Waals surface area contributed by atoms with Crippen molar-refractivity contribution >= 4 is 33.1 Å². The molecule has 256 valence electrons. The molecule has 0 radical (unpaired) electrons. The molecular formula is C38H31FN6O5S. The molecule has 51 heavy (non-hydrogen) atoms. The predicted molar refractivity (Wildman–Crippen MR) is 188 cm³/mol. The molecule has 10 rings (SSSR count). The van der Waals surface area contributed by atoms with Gasteiger partial charge in [-0.2, -0.15) is 0 Å². The summed E-state index contributed by atoms with van der Waals surface area (Å²) in [6, 6.07) is 14.7. The first kappa shape index (κ1) is 30.3. The topological polar surface area (TPSA) is 135 Å². The Balaban J connectivity index is 1.15. The van der Waals surface area contributed by atoms with E-state index in [0.717, 1.165) is 63.5 Å². The van der Waals surface area contributed by atoms with Gasteiger partial charge in [-0.05, 0) is 66.5 Å². The quantitative estimate of drug-likeness (QED) is 0.181. The Morgan fingerprint density at radius 2 is 2.02 bits per heavy atom. The molecule has 13 heteroatoms. The fraction of sp³-hybridized carbons (Fsp3) is 0.289.